The van der Waals surface area contributed by atoms with Crippen LogP contribution >= 0.6 is 11.6 Å². The number of amides is 1. The number of benzene rings is 2. The Bertz CT molecular complexity index is 584. The molecule has 2 aromatic rings. The number of rotatable bonds is 3. The van der Waals surface area contributed by atoms with Crippen molar-refractivity contribution in [2.24, 2.45) is 5.73 Å². The van der Waals surface area contributed by atoms with Crippen LogP contribution in [0.1, 0.15) is 17.2 Å². The topological polar surface area (TPSA) is 55.1 Å². The van der Waals surface area contributed by atoms with Crippen molar-refractivity contribution in [2.45, 2.75) is 13.0 Å². The molecule has 0 saturated carbocycles. The summed E-state index contributed by atoms with van der Waals surface area (Å²) in [6.07, 6.45) is 0. The van der Waals surface area contributed by atoms with Crippen LogP contribution in [0.5, 0.6) is 0 Å². The van der Waals surface area contributed by atoms with E-state index in [-0.39, 0.29) is 5.91 Å². The highest BCUT2D eigenvalue weighted by atomic mass is 35.5. The molecule has 1 atom stereocenters. The molecule has 0 aromatic heterocycles. The van der Waals surface area contributed by atoms with Crippen LogP contribution in [0.2, 0.25) is 5.02 Å². The van der Waals surface area contributed by atoms with Crippen molar-refractivity contribution >= 4 is 23.2 Å². The molecule has 1 amide bonds. The summed E-state index contributed by atoms with van der Waals surface area (Å²) < 4.78 is 0. The van der Waals surface area contributed by atoms with E-state index in [1.807, 2.05) is 49.4 Å². The minimum Gasteiger partial charge on any atom is -0.323 e. The van der Waals surface area contributed by atoms with E-state index in [0.717, 1.165) is 11.1 Å². The quantitative estimate of drug-likeness (QED) is 0.902. The molecular formula is C15H15ClN2O. The Morgan fingerprint density at radius 3 is 2.58 bits per heavy atom. The third-order valence-corrected chi connectivity index (χ3v) is 3.15. The van der Waals surface area contributed by atoms with Crippen molar-refractivity contribution in [3.8, 4) is 0 Å². The van der Waals surface area contributed by atoms with Gasteiger partial charge in [-0.05, 0) is 30.2 Å². The molecule has 98 valence electrons. The molecule has 0 bridgehead atoms. The monoisotopic (exact) mass is 274 g/mol. The lowest BCUT2D eigenvalue weighted by Crippen LogP contribution is -2.27. The molecule has 19 heavy (non-hydrogen) atoms. The van der Waals surface area contributed by atoms with Crippen LogP contribution in [0.15, 0.2) is 48.5 Å². The lowest BCUT2D eigenvalue weighted by atomic mass is 10.1. The Kier molecular flexibility index (Phi) is 4.20. The number of nitrogens with two attached hydrogens (primary N) is 1. The number of anilines is 1. The normalized spacial score (nSPS) is 11.9. The Balaban J connectivity index is 2.15. The molecule has 0 radical (unpaired) electrons. The van der Waals surface area contributed by atoms with Crippen molar-refractivity contribution < 1.29 is 4.79 Å². The second kappa shape index (κ2) is 5.87. The zero-order chi connectivity index (χ0) is 13.8. The highest BCUT2D eigenvalue weighted by molar-refractivity contribution is 6.33. The van der Waals surface area contributed by atoms with Crippen LogP contribution in [0.3, 0.4) is 0 Å². The van der Waals surface area contributed by atoms with E-state index in [4.69, 9.17) is 17.3 Å². The van der Waals surface area contributed by atoms with Crippen molar-refractivity contribution in [1.82, 2.24) is 0 Å². The number of hydrogen-bond acceptors (Lipinski definition) is 2. The predicted molar refractivity (Wildman–Crippen MR) is 78.2 cm³/mol. The molecule has 2 aromatic carbocycles. The summed E-state index contributed by atoms with van der Waals surface area (Å²) in [5.41, 5.74) is 8.29. The standard InChI is InChI=1S/C15H15ClN2O/c1-10-7-8-12(16)13(9-10)18-15(19)14(17)11-5-3-2-4-6-11/h2-9,14H,17H2,1H3,(H,18,19). The maximum absolute atomic E-state index is 12.1. The van der Waals surface area contributed by atoms with E-state index < -0.39 is 6.04 Å². The second-order valence-electron chi connectivity index (χ2n) is 4.36. The minimum atomic E-state index is -0.710. The Morgan fingerprint density at radius 2 is 1.89 bits per heavy atom. The molecule has 3 N–H and O–H groups in total. The third kappa shape index (κ3) is 3.34. The first-order chi connectivity index (χ1) is 9.08. The van der Waals surface area contributed by atoms with Gasteiger partial charge in [-0.25, -0.2) is 0 Å². The number of hydrogen-bond donors (Lipinski definition) is 2. The fraction of sp³-hybridized carbons (Fsp3) is 0.133. The molecule has 1 unspecified atom stereocenters. The van der Waals surface area contributed by atoms with Crippen LogP contribution in [0.4, 0.5) is 5.69 Å². The van der Waals surface area contributed by atoms with Gasteiger partial charge in [0.1, 0.15) is 6.04 Å². The van der Waals surface area contributed by atoms with Gasteiger partial charge in [0.25, 0.3) is 0 Å². The van der Waals surface area contributed by atoms with Crippen LogP contribution in [0, 0.1) is 6.92 Å². The van der Waals surface area contributed by atoms with Gasteiger partial charge in [-0.1, -0.05) is 48.0 Å². The molecular weight excluding hydrogens is 260 g/mol. The van der Waals surface area contributed by atoms with E-state index >= 15 is 0 Å². The minimum absolute atomic E-state index is 0.279. The molecule has 2 rings (SSSR count). The fourth-order valence-electron chi connectivity index (χ4n) is 1.76. The van der Waals surface area contributed by atoms with Gasteiger partial charge in [-0.3, -0.25) is 4.79 Å². The van der Waals surface area contributed by atoms with Gasteiger partial charge in [0.05, 0.1) is 10.7 Å². The molecule has 0 heterocycles. The van der Waals surface area contributed by atoms with Crippen LogP contribution in [0.25, 0.3) is 0 Å². The fourth-order valence-corrected chi connectivity index (χ4v) is 1.92. The van der Waals surface area contributed by atoms with E-state index in [2.05, 4.69) is 5.32 Å². The van der Waals surface area contributed by atoms with Gasteiger partial charge in [-0.15, -0.1) is 0 Å². The zero-order valence-electron chi connectivity index (χ0n) is 10.6. The maximum Gasteiger partial charge on any atom is 0.245 e. The Hall–Kier alpha value is -1.84. The maximum atomic E-state index is 12.1. The third-order valence-electron chi connectivity index (χ3n) is 2.82. The van der Waals surface area contributed by atoms with Crippen LogP contribution < -0.4 is 11.1 Å². The molecule has 0 spiro atoms. The smallest absolute Gasteiger partial charge is 0.245 e. The summed E-state index contributed by atoms with van der Waals surface area (Å²) in [4.78, 5) is 12.1. The number of carbonyl (C=O) groups excluding carboxylic acids is 1. The van der Waals surface area contributed by atoms with Crippen molar-refractivity contribution in [2.75, 3.05) is 5.32 Å². The second-order valence-corrected chi connectivity index (χ2v) is 4.77. The molecule has 0 aliphatic heterocycles. The molecule has 4 heteroatoms. The first kappa shape index (κ1) is 13.6. The van der Waals surface area contributed by atoms with Gasteiger partial charge >= 0.3 is 0 Å². The van der Waals surface area contributed by atoms with Gasteiger partial charge in [-0.2, -0.15) is 0 Å². The number of nitrogens with one attached hydrogen (secondary N) is 1. The van der Waals surface area contributed by atoms with Crippen molar-refractivity contribution in [3.05, 3.63) is 64.7 Å². The molecule has 0 aliphatic rings. The SMILES string of the molecule is Cc1ccc(Cl)c(NC(=O)C(N)c2ccccc2)c1. The van der Waals surface area contributed by atoms with E-state index in [1.165, 1.54) is 0 Å². The van der Waals surface area contributed by atoms with E-state index in [9.17, 15) is 4.79 Å². The summed E-state index contributed by atoms with van der Waals surface area (Å²) in [6, 6.07) is 14.0. The van der Waals surface area contributed by atoms with Gasteiger partial charge < -0.3 is 11.1 Å². The van der Waals surface area contributed by atoms with Crippen LogP contribution in [-0.4, -0.2) is 5.91 Å². The predicted octanol–water partition coefficient (Wildman–Crippen LogP) is 3.29. The molecule has 0 saturated heterocycles. The lowest BCUT2D eigenvalue weighted by molar-refractivity contribution is -0.117. The van der Waals surface area contributed by atoms with Crippen molar-refractivity contribution in [3.63, 3.8) is 0 Å². The first-order valence-electron chi connectivity index (χ1n) is 5.95. The summed E-state index contributed by atoms with van der Waals surface area (Å²) in [7, 11) is 0. The van der Waals surface area contributed by atoms with E-state index in [1.54, 1.807) is 6.07 Å². The summed E-state index contributed by atoms with van der Waals surface area (Å²) in [5.74, 6) is -0.279. The number of aryl methyl sites for hydroxylation is 1. The summed E-state index contributed by atoms with van der Waals surface area (Å²) in [6.45, 7) is 1.93. The largest absolute Gasteiger partial charge is 0.323 e. The highest BCUT2D eigenvalue weighted by Crippen LogP contribution is 2.23. The highest BCUT2D eigenvalue weighted by Gasteiger charge is 2.16. The number of halogens is 1. The lowest BCUT2D eigenvalue weighted by Gasteiger charge is -2.13. The van der Waals surface area contributed by atoms with E-state index in [0.29, 0.717) is 10.7 Å². The van der Waals surface area contributed by atoms with Gasteiger partial charge in [0.15, 0.2) is 0 Å². The summed E-state index contributed by atoms with van der Waals surface area (Å²) >= 11 is 6.04. The molecule has 0 fully saturated rings. The number of carbonyl (C=O) groups is 1. The first-order valence-corrected chi connectivity index (χ1v) is 6.33. The average Bonchev–Trinajstić information content (AvgIpc) is 2.43. The molecule has 3 nitrogen and oxygen atoms in total. The van der Waals surface area contributed by atoms with Gasteiger partial charge in [0, 0.05) is 0 Å². The van der Waals surface area contributed by atoms with Crippen molar-refractivity contribution in [1.29, 1.82) is 0 Å². The van der Waals surface area contributed by atoms with Crippen LogP contribution in [-0.2, 0) is 4.79 Å². The zero-order valence-corrected chi connectivity index (χ0v) is 11.3. The average molecular weight is 275 g/mol. The Morgan fingerprint density at radius 1 is 1.21 bits per heavy atom. The summed E-state index contributed by atoms with van der Waals surface area (Å²) in [5, 5.41) is 3.25. The van der Waals surface area contributed by atoms with Gasteiger partial charge in [0.2, 0.25) is 5.91 Å². The Labute approximate surface area is 117 Å². The molecule has 0 aliphatic carbocycles.